The van der Waals surface area contributed by atoms with Gasteiger partial charge in [-0.25, -0.2) is 19.6 Å². The van der Waals surface area contributed by atoms with Gasteiger partial charge in [0, 0.05) is 59.2 Å². The molecule has 2 aliphatic rings. The molecule has 0 saturated carbocycles. The summed E-state index contributed by atoms with van der Waals surface area (Å²) in [5.74, 6) is -7.03. The summed E-state index contributed by atoms with van der Waals surface area (Å²) in [5, 5.41) is 42.9. The molecule has 8 bridgehead atoms. The largest absolute Gasteiger partial charge is 0.481 e. The van der Waals surface area contributed by atoms with Crippen LogP contribution >= 0.6 is 0 Å². The monoisotopic (exact) mass is 1160 g/mol. The standard InChI is InChI=1S/C66H96N6O12/c1-9-11-13-15-17-19-21-23-25-27-33-83-45(7)63-43(5)51-35-49-41(3)47(29-31-59(73)71-57(65(79)80)39-61(75)76)53(67-49)38-54-48(30-32-60(74)72-58(66(81)82)40-62(77)78)42(4)50(68-54)36-55-64(44(6)52(70-55)37-56(63)69-51)46(8)84-34-28-26-24-22-20-18-16-14-12-10-2/h35-38,45-46,57-58,69-70H,9-34,39-40H2,1-8H3,(H,71,73)(H,72,74)(H,75,76)(H,77,78)(H,79,80)(H,81,82). The van der Waals surface area contributed by atoms with E-state index in [1.807, 2.05) is 26.0 Å². The molecule has 18 heteroatoms. The minimum atomic E-state index is -1.64. The van der Waals surface area contributed by atoms with E-state index in [2.05, 4.69) is 68.2 Å². The molecule has 4 unspecified atom stereocenters. The van der Waals surface area contributed by atoms with Gasteiger partial charge in [-0.1, -0.05) is 129 Å². The maximum atomic E-state index is 13.4. The fourth-order valence-electron chi connectivity index (χ4n) is 11.4. The zero-order chi connectivity index (χ0) is 61.3. The molecule has 8 N–H and O–H groups in total. The summed E-state index contributed by atoms with van der Waals surface area (Å²) in [5.41, 5.74) is 12.0. The van der Waals surface area contributed by atoms with Crippen LogP contribution in [0.25, 0.3) is 44.4 Å². The lowest BCUT2D eigenvalue weighted by atomic mass is 9.97. The van der Waals surface area contributed by atoms with E-state index in [4.69, 9.17) is 19.4 Å². The molecule has 5 heterocycles. The Morgan fingerprint density at radius 1 is 0.464 bits per heavy atom. The summed E-state index contributed by atoms with van der Waals surface area (Å²) in [4.78, 5) is 91.6. The fraction of sp³-hybridized carbons (Fsp3) is 0.606. The van der Waals surface area contributed by atoms with E-state index >= 15 is 0 Å². The normalized spacial score (nSPS) is 13.9. The average Bonchev–Trinajstić information content (AvgIpc) is 2.33. The van der Waals surface area contributed by atoms with Gasteiger partial charge in [0.15, 0.2) is 0 Å². The first-order valence-electron chi connectivity index (χ1n) is 31.1. The fourth-order valence-corrected chi connectivity index (χ4v) is 11.4. The quantitative estimate of drug-likeness (QED) is 0.0246. The number of H-pyrrole nitrogens is 2. The van der Waals surface area contributed by atoms with Crippen LogP contribution in [0, 0.1) is 13.8 Å². The number of carboxylic acid groups (broad SMARTS) is 4. The number of aromatic amines is 2. The first-order chi connectivity index (χ1) is 40.2. The Hall–Kier alpha value is -6.66. The number of hydrogen-bond acceptors (Lipinski definition) is 10. The van der Waals surface area contributed by atoms with Crippen molar-refractivity contribution in [1.82, 2.24) is 30.6 Å². The van der Waals surface area contributed by atoms with Gasteiger partial charge < -0.3 is 50.5 Å². The van der Waals surface area contributed by atoms with E-state index < -0.39 is 60.6 Å². The highest BCUT2D eigenvalue weighted by Crippen LogP contribution is 2.40. The van der Waals surface area contributed by atoms with Gasteiger partial charge in [0.1, 0.15) is 12.1 Å². The molecule has 84 heavy (non-hydrogen) atoms. The van der Waals surface area contributed by atoms with Gasteiger partial charge in [-0.3, -0.25) is 19.2 Å². The highest BCUT2D eigenvalue weighted by atomic mass is 16.5. The number of allylic oxidation sites excluding steroid dienone is 4. The number of aliphatic carboxylic acids is 4. The second kappa shape index (κ2) is 35.0. The topological polar surface area (TPSA) is 283 Å². The number of aromatic nitrogens is 4. The Bertz CT molecular complexity index is 2970. The van der Waals surface area contributed by atoms with Crippen molar-refractivity contribution in [3.05, 3.63) is 69.3 Å². The van der Waals surface area contributed by atoms with Crippen molar-refractivity contribution in [2.24, 2.45) is 0 Å². The van der Waals surface area contributed by atoms with Gasteiger partial charge in [0.2, 0.25) is 11.8 Å². The minimum Gasteiger partial charge on any atom is -0.481 e. The number of amides is 2. The van der Waals surface area contributed by atoms with Crippen molar-refractivity contribution >= 4 is 80.1 Å². The smallest absolute Gasteiger partial charge is 0.326 e. The molecular formula is C66H96N6O12. The highest BCUT2D eigenvalue weighted by Gasteiger charge is 2.28. The molecule has 2 aliphatic heterocycles. The van der Waals surface area contributed by atoms with Gasteiger partial charge in [-0.05, 0) is 125 Å². The zero-order valence-corrected chi connectivity index (χ0v) is 51.4. The number of nitrogens with zero attached hydrogens (tertiary/aromatic N) is 2. The number of nitrogens with one attached hydrogen (secondary N) is 4. The first kappa shape index (κ1) is 68.1. The molecule has 5 rings (SSSR count). The Kier molecular flexibility index (Phi) is 28.3. The van der Waals surface area contributed by atoms with Gasteiger partial charge in [-0.15, -0.1) is 0 Å². The Morgan fingerprint density at radius 3 is 1.15 bits per heavy atom. The third kappa shape index (κ3) is 20.8. The molecule has 0 saturated heterocycles. The van der Waals surface area contributed by atoms with Crippen LogP contribution in [0.3, 0.4) is 0 Å². The average molecular weight is 1170 g/mol. The maximum absolute atomic E-state index is 13.4. The third-order valence-electron chi connectivity index (χ3n) is 16.4. The van der Waals surface area contributed by atoms with Crippen molar-refractivity contribution in [2.45, 2.75) is 247 Å². The molecule has 2 amide bonds. The molecule has 0 fully saturated rings. The molecule has 0 spiro atoms. The van der Waals surface area contributed by atoms with Crippen molar-refractivity contribution in [3.63, 3.8) is 0 Å². The summed E-state index contributed by atoms with van der Waals surface area (Å²) in [6.45, 7) is 17.8. The first-order valence-corrected chi connectivity index (χ1v) is 31.1. The lowest BCUT2D eigenvalue weighted by Gasteiger charge is -2.14. The molecule has 3 aromatic heterocycles. The van der Waals surface area contributed by atoms with E-state index in [9.17, 15) is 49.2 Å². The number of aryl methyl sites for hydroxylation is 2. The van der Waals surface area contributed by atoms with E-state index in [0.717, 1.165) is 81.2 Å². The van der Waals surface area contributed by atoms with E-state index in [0.29, 0.717) is 47.1 Å². The number of unbranched alkanes of at least 4 members (excludes halogenated alkanes) is 18. The van der Waals surface area contributed by atoms with Crippen LogP contribution in [0.1, 0.15) is 266 Å². The molecule has 0 radical (unpaired) electrons. The van der Waals surface area contributed by atoms with Crippen LogP contribution < -0.4 is 10.6 Å². The Morgan fingerprint density at radius 2 is 0.798 bits per heavy atom. The second-order valence-electron chi connectivity index (χ2n) is 23.0. The summed E-state index contributed by atoms with van der Waals surface area (Å²) in [6, 6.07) is 4.58. The van der Waals surface area contributed by atoms with Gasteiger partial charge in [0.05, 0.1) is 47.8 Å². The summed E-state index contributed by atoms with van der Waals surface area (Å²) >= 11 is 0. The molecular weight excluding hydrogens is 1070 g/mol. The predicted molar refractivity (Wildman–Crippen MR) is 330 cm³/mol. The molecule has 18 nitrogen and oxygen atoms in total. The van der Waals surface area contributed by atoms with Crippen LogP contribution in [0.2, 0.25) is 0 Å². The zero-order valence-electron chi connectivity index (χ0n) is 51.4. The van der Waals surface area contributed by atoms with Crippen molar-refractivity contribution in [3.8, 4) is 0 Å². The summed E-state index contributed by atoms with van der Waals surface area (Å²) in [6.07, 6.45) is 21.9. The van der Waals surface area contributed by atoms with Crippen LogP contribution in [-0.4, -0.2) is 101 Å². The number of carbonyl (C=O) groups is 6. The summed E-state index contributed by atoms with van der Waals surface area (Å²) < 4.78 is 13.3. The van der Waals surface area contributed by atoms with Crippen molar-refractivity contribution < 1.29 is 58.7 Å². The van der Waals surface area contributed by atoms with Crippen LogP contribution in [0.15, 0.2) is 24.3 Å². The molecule has 462 valence electrons. The van der Waals surface area contributed by atoms with Crippen molar-refractivity contribution in [1.29, 1.82) is 0 Å². The van der Waals surface area contributed by atoms with Crippen LogP contribution in [0.5, 0.6) is 0 Å². The van der Waals surface area contributed by atoms with Gasteiger partial charge in [-0.2, -0.15) is 0 Å². The van der Waals surface area contributed by atoms with Gasteiger partial charge >= 0.3 is 23.9 Å². The molecule has 4 atom stereocenters. The third-order valence-corrected chi connectivity index (χ3v) is 16.4. The maximum Gasteiger partial charge on any atom is 0.326 e. The van der Waals surface area contributed by atoms with E-state index in [-0.39, 0.29) is 37.9 Å². The van der Waals surface area contributed by atoms with Crippen LogP contribution in [0.4, 0.5) is 0 Å². The lowest BCUT2D eigenvalue weighted by Crippen LogP contribution is -2.42. The molecule has 0 aliphatic carbocycles. The summed E-state index contributed by atoms with van der Waals surface area (Å²) in [7, 11) is 0. The van der Waals surface area contributed by atoms with E-state index in [1.54, 1.807) is 6.07 Å². The van der Waals surface area contributed by atoms with Crippen LogP contribution in [-0.2, 0) is 38.2 Å². The molecule has 0 aromatic carbocycles. The van der Waals surface area contributed by atoms with Crippen molar-refractivity contribution in [2.75, 3.05) is 13.2 Å². The number of carbonyl (C=O) groups excluding carboxylic acids is 2. The van der Waals surface area contributed by atoms with E-state index in [1.165, 1.54) is 103 Å². The Balaban J connectivity index is 1.63. The minimum absolute atomic E-state index is 0.0840. The number of rotatable bonds is 40. The number of ether oxygens (including phenoxy) is 2. The second-order valence-corrected chi connectivity index (χ2v) is 23.0. The number of carboxylic acids is 4. The lowest BCUT2D eigenvalue weighted by molar-refractivity contribution is -0.147. The molecule has 3 aromatic rings. The van der Waals surface area contributed by atoms with Gasteiger partial charge in [0.25, 0.3) is 0 Å². The Labute approximate surface area is 496 Å². The highest BCUT2D eigenvalue weighted by molar-refractivity contribution is 5.97. The predicted octanol–water partition coefficient (Wildman–Crippen LogP) is 14.4. The number of hydrogen-bond donors (Lipinski definition) is 8. The number of fused-ring (bicyclic) bond motifs is 8. The SMILES string of the molecule is CCCCCCCCCCCCOC(C)c1c(C)c2cc3[nH]c(cc4nc(cc5nc(cc1[nH]2)C(C)=C5CCC(=O)NC(CC(=O)O)C(=O)O)C(CCC(=O)NC(CC(=O)O)C(=O)O)=C4C)c(C)c3C(C)OCCCCCCCCCCCC.